The Balaban J connectivity index is 1.74. The van der Waals surface area contributed by atoms with Crippen LogP contribution in [0.25, 0.3) is 0 Å². The molecule has 0 atom stereocenters. The van der Waals surface area contributed by atoms with Gasteiger partial charge in [0.25, 0.3) is 11.8 Å². The topological polar surface area (TPSA) is 139 Å². The van der Waals surface area contributed by atoms with Crippen molar-refractivity contribution in [3.63, 3.8) is 0 Å². The number of hydrogen-bond donors (Lipinski definition) is 3. The quantitative estimate of drug-likeness (QED) is 0.360. The molecule has 3 amide bonds. The van der Waals surface area contributed by atoms with Crippen LogP contribution in [0, 0.1) is 5.41 Å². The van der Waals surface area contributed by atoms with Gasteiger partial charge in [0.2, 0.25) is 0 Å². The van der Waals surface area contributed by atoms with Crippen LogP contribution < -0.4 is 24.8 Å². The van der Waals surface area contributed by atoms with Crippen molar-refractivity contribution in [2.45, 2.75) is 46.3 Å². The summed E-state index contributed by atoms with van der Waals surface area (Å²) in [6.45, 7) is 9.01. The molecule has 0 aliphatic carbocycles. The molecule has 0 fully saturated rings. The Kier molecular flexibility index (Phi) is 8.61. The number of rotatable bonds is 7. The Labute approximate surface area is 221 Å². The number of amidine groups is 1. The molecule has 2 aromatic rings. The average molecular weight is 525 g/mol. The number of nitrogens with zero attached hydrogens (tertiary/aromatic N) is 1. The summed E-state index contributed by atoms with van der Waals surface area (Å²) in [6.07, 6.45) is 1.56. The number of fused-ring (bicyclic) bond motifs is 1. The summed E-state index contributed by atoms with van der Waals surface area (Å²) in [6, 6.07) is 9.51. The number of carbonyl (C=O) groups excluding carboxylic acids is 3. The lowest BCUT2D eigenvalue weighted by Crippen LogP contribution is -2.35. The molecular weight excluding hydrogens is 492 g/mol. The van der Waals surface area contributed by atoms with E-state index in [4.69, 9.17) is 24.4 Å². The zero-order chi connectivity index (χ0) is 28.0. The zero-order valence-corrected chi connectivity index (χ0v) is 22.2. The second kappa shape index (κ2) is 11.7. The summed E-state index contributed by atoms with van der Waals surface area (Å²) in [5.74, 6) is 0.505. The number of carbonyl (C=O) groups is 3. The molecule has 0 radical (unpaired) electrons. The smallest absolute Gasteiger partial charge is 0.411 e. The lowest BCUT2D eigenvalue weighted by atomic mass is 10.1. The molecule has 3 N–H and O–H groups in total. The van der Waals surface area contributed by atoms with Gasteiger partial charge < -0.3 is 29.2 Å². The monoisotopic (exact) mass is 524 g/mol. The molecule has 0 unspecified atom stereocenters. The highest BCUT2D eigenvalue weighted by atomic mass is 16.6. The Hall–Kier alpha value is -4.54. The molecule has 2 aromatic carbocycles. The van der Waals surface area contributed by atoms with Crippen molar-refractivity contribution in [1.82, 2.24) is 15.5 Å². The second-order valence-corrected chi connectivity index (χ2v) is 9.74. The van der Waals surface area contributed by atoms with Gasteiger partial charge in [0.05, 0.1) is 11.7 Å². The third kappa shape index (κ3) is 7.99. The van der Waals surface area contributed by atoms with E-state index in [0.717, 1.165) is 0 Å². The molecule has 38 heavy (non-hydrogen) atoms. The largest absolute Gasteiger partial charge is 0.491 e. The Bertz CT molecular complexity index is 1260. The van der Waals surface area contributed by atoms with Crippen molar-refractivity contribution in [2.75, 3.05) is 13.8 Å². The van der Waals surface area contributed by atoms with E-state index in [1.54, 1.807) is 52.1 Å². The molecule has 0 aromatic heterocycles. The fraction of sp³-hybridized carbons (Fsp3) is 0.333. The van der Waals surface area contributed by atoms with Crippen LogP contribution in [0.15, 0.2) is 48.7 Å². The van der Waals surface area contributed by atoms with Crippen LogP contribution in [0.3, 0.4) is 0 Å². The third-order valence-electron chi connectivity index (χ3n) is 4.79. The van der Waals surface area contributed by atoms with E-state index < -0.39 is 17.6 Å². The minimum absolute atomic E-state index is 0.130. The number of amides is 3. The molecule has 3 rings (SSSR count). The first-order valence-electron chi connectivity index (χ1n) is 11.9. The third-order valence-corrected chi connectivity index (χ3v) is 4.79. The molecule has 0 bridgehead atoms. The van der Waals surface area contributed by atoms with Crippen LogP contribution in [-0.2, 0) is 4.74 Å². The highest BCUT2D eigenvalue weighted by Gasteiger charge is 2.23. The Morgan fingerprint density at radius 1 is 1.11 bits per heavy atom. The predicted molar refractivity (Wildman–Crippen MR) is 140 cm³/mol. The van der Waals surface area contributed by atoms with Gasteiger partial charge in [-0.2, -0.15) is 0 Å². The van der Waals surface area contributed by atoms with Crippen molar-refractivity contribution < 1.29 is 33.3 Å². The first kappa shape index (κ1) is 28.0. The van der Waals surface area contributed by atoms with Gasteiger partial charge in [-0.3, -0.25) is 20.3 Å². The van der Waals surface area contributed by atoms with Crippen molar-refractivity contribution in [2.24, 2.45) is 0 Å². The molecule has 0 saturated heterocycles. The number of nitrogens with one attached hydrogen (secondary N) is 3. The summed E-state index contributed by atoms with van der Waals surface area (Å²) in [4.78, 5) is 38.3. The lowest BCUT2D eigenvalue weighted by Gasteiger charge is -2.25. The van der Waals surface area contributed by atoms with Gasteiger partial charge in [-0.25, -0.2) is 4.79 Å². The summed E-state index contributed by atoms with van der Waals surface area (Å²) in [5.41, 5.74) is -0.0545. The van der Waals surface area contributed by atoms with Gasteiger partial charge in [0.1, 0.15) is 34.4 Å². The summed E-state index contributed by atoms with van der Waals surface area (Å²) in [5, 5.41) is 12.8. The predicted octanol–water partition coefficient (Wildman–Crippen LogP) is 4.43. The number of hydrogen-bond acceptors (Lipinski definition) is 8. The van der Waals surface area contributed by atoms with Crippen molar-refractivity contribution >= 4 is 23.7 Å². The normalized spacial score (nSPS) is 13.0. The van der Waals surface area contributed by atoms with Gasteiger partial charge in [0.15, 0.2) is 6.73 Å². The molecule has 0 saturated carbocycles. The second-order valence-electron chi connectivity index (χ2n) is 9.74. The van der Waals surface area contributed by atoms with Crippen LogP contribution >= 0.6 is 0 Å². The summed E-state index contributed by atoms with van der Waals surface area (Å²) >= 11 is 0. The fourth-order valence-corrected chi connectivity index (χ4v) is 3.27. The highest BCUT2D eigenvalue weighted by Crippen LogP contribution is 2.33. The highest BCUT2D eigenvalue weighted by molar-refractivity contribution is 6.09. The number of alkyl carbamates (subject to hydrolysis) is 1. The van der Waals surface area contributed by atoms with Crippen molar-refractivity contribution in [1.29, 1.82) is 5.41 Å². The van der Waals surface area contributed by atoms with Crippen LogP contribution in [0.5, 0.6) is 23.0 Å². The van der Waals surface area contributed by atoms with E-state index in [0.29, 0.717) is 28.6 Å². The van der Waals surface area contributed by atoms with Gasteiger partial charge in [0, 0.05) is 30.9 Å². The first-order chi connectivity index (χ1) is 17.8. The van der Waals surface area contributed by atoms with E-state index in [2.05, 4.69) is 10.6 Å². The summed E-state index contributed by atoms with van der Waals surface area (Å²) < 4.78 is 22.4. The van der Waals surface area contributed by atoms with E-state index in [1.807, 2.05) is 13.8 Å². The molecule has 1 aliphatic rings. The van der Waals surface area contributed by atoms with E-state index >= 15 is 0 Å². The number of ether oxygens (including phenoxy) is 4. The maximum atomic E-state index is 12.9. The van der Waals surface area contributed by atoms with E-state index in [-0.39, 0.29) is 30.1 Å². The SMILES string of the molecule is CC(C)Oc1cc(Oc2ccc3c(c2)OCN(C)C3=O)cc(C(=O)NC(=N)/C=C\NC(=O)OC(C)(C)C)c1. The lowest BCUT2D eigenvalue weighted by molar-refractivity contribution is 0.0550. The van der Waals surface area contributed by atoms with Crippen LogP contribution in [0.2, 0.25) is 0 Å². The molecule has 11 nitrogen and oxygen atoms in total. The van der Waals surface area contributed by atoms with Crippen LogP contribution in [-0.4, -0.2) is 54.1 Å². The van der Waals surface area contributed by atoms with Gasteiger partial charge in [-0.1, -0.05) is 0 Å². The molecular formula is C27H32N4O7. The van der Waals surface area contributed by atoms with E-state index in [1.165, 1.54) is 29.3 Å². The maximum Gasteiger partial charge on any atom is 0.411 e. The van der Waals surface area contributed by atoms with Gasteiger partial charge >= 0.3 is 6.09 Å². The minimum Gasteiger partial charge on any atom is -0.491 e. The van der Waals surface area contributed by atoms with Gasteiger partial charge in [-0.15, -0.1) is 0 Å². The Morgan fingerprint density at radius 2 is 1.82 bits per heavy atom. The van der Waals surface area contributed by atoms with E-state index in [9.17, 15) is 14.4 Å². The minimum atomic E-state index is -0.683. The molecule has 1 aliphatic heterocycles. The van der Waals surface area contributed by atoms with Crippen molar-refractivity contribution in [3.05, 3.63) is 59.8 Å². The molecule has 0 spiro atoms. The number of benzene rings is 2. The first-order valence-corrected chi connectivity index (χ1v) is 11.9. The maximum absolute atomic E-state index is 12.9. The standard InChI is InChI=1S/C27H32N4O7/c1-16(2)36-19-11-17(24(32)30-23(28)9-10-29-26(34)38-27(3,4)5)12-20(13-19)37-18-7-8-21-22(14-18)35-15-31(6)25(21)33/h7-14,16H,15H2,1-6H3,(H,29,34)(H2,28,30,32)/b10-9-. The fourth-order valence-electron chi connectivity index (χ4n) is 3.27. The molecule has 1 heterocycles. The molecule has 202 valence electrons. The molecule has 11 heteroatoms. The van der Waals surface area contributed by atoms with Crippen LogP contribution in [0.1, 0.15) is 55.3 Å². The zero-order valence-electron chi connectivity index (χ0n) is 22.2. The average Bonchev–Trinajstić information content (AvgIpc) is 2.79. The van der Waals surface area contributed by atoms with Crippen molar-refractivity contribution in [3.8, 4) is 23.0 Å². The Morgan fingerprint density at radius 3 is 2.50 bits per heavy atom. The van der Waals surface area contributed by atoms with Gasteiger partial charge in [-0.05, 0) is 65.0 Å². The summed E-state index contributed by atoms with van der Waals surface area (Å²) in [7, 11) is 1.65. The van der Waals surface area contributed by atoms with Crippen LogP contribution in [0.4, 0.5) is 4.79 Å².